The number of para-hydroxylation sites is 1. The van der Waals surface area contributed by atoms with Gasteiger partial charge in [0.05, 0.1) is 11.7 Å². The number of hydrogen-bond donors (Lipinski definition) is 2. The lowest BCUT2D eigenvalue weighted by molar-refractivity contribution is -0.112. The van der Waals surface area contributed by atoms with Gasteiger partial charge in [-0.2, -0.15) is 5.26 Å². The van der Waals surface area contributed by atoms with E-state index in [2.05, 4.69) is 5.32 Å². The fourth-order valence-electron chi connectivity index (χ4n) is 3.35. The number of anilines is 1. The van der Waals surface area contributed by atoms with E-state index in [4.69, 9.17) is 10.5 Å². The van der Waals surface area contributed by atoms with E-state index in [1.165, 1.54) is 17.4 Å². The van der Waals surface area contributed by atoms with Gasteiger partial charge >= 0.3 is 0 Å². The van der Waals surface area contributed by atoms with Crippen LogP contribution < -0.4 is 15.8 Å². The van der Waals surface area contributed by atoms with Gasteiger partial charge in [0, 0.05) is 10.4 Å². The Morgan fingerprint density at radius 3 is 2.69 bits per heavy atom. The summed E-state index contributed by atoms with van der Waals surface area (Å²) in [6.07, 6.45) is 5.14. The number of primary amides is 1. The Bertz CT molecular complexity index is 1010. The highest BCUT2D eigenvalue weighted by Crippen LogP contribution is 2.38. The highest BCUT2D eigenvalue weighted by Gasteiger charge is 2.25. The van der Waals surface area contributed by atoms with Gasteiger partial charge in [-0.1, -0.05) is 18.2 Å². The fraction of sp³-hybridized carbons (Fsp3) is 0.318. The zero-order valence-corrected chi connectivity index (χ0v) is 17.3. The van der Waals surface area contributed by atoms with Crippen LogP contribution in [0, 0.1) is 11.3 Å². The number of thiophene rings is 1. The van der Waals surface area contributed by atoms with Crippen molar-refractivity contribution in [2.45, 2.75) is 45.6 Å². The first kappa shape index (κ1) is 20.6. The molecule has 3 rings (SSSR count). The molecule has 0 aliphatic heterocycles. The number of fused-ring (bicyclic) bond motifs is 1. The summed E-state index contributed by atoms with van der Waals surface area (Å²) in [7, 11) is 0. The molecule has 0 radical (unpaired) electrons. The van der Waals surface area contributed by atoms with Crippen molar-refractivity contribution >= 4 is 34.2 Å². The standard InChI is InChI=1S/C22H23N3O3S/c1-13(2)28-17-9-5-3-7-14(17)11-15(12-23)21(27)25-22-19(20(24)26)16-8-4-6-10-18(16)29-22/h3,5,7,9,11,13H,4,6,8,10H2,1-2H3,(H2,24,26)(H,25,27)/b15-11-. The van der Waals surface area contributed by atoms with Gasteiger partial charge in [0.25, 0.3) is 11.8 Å². The molecule has 3 N–H and O–H groups in total. The summed E-state index contributed by atoms with van der Waals surface area (Å²) < 4.78 is 5.75. The van der Waals surface area contributed by atoms with Crippen molar-refractivity contribution in [2.75, 3.05) is 5.32 Å². The third-order valence-electron chi connectivity index (χ3n) is 4.59. The molecular formula is C22H23N3O3S. The summed E-state index contributed by atoms with van der Waals surface area (Å²) in [6, 6.07) is 9.15. The lowest BCUT2D eigenvalue weighted by Gasteiger charge is -2.12. The van der Waals surface area contributed by atoms with Crippen LogP contribution in [0.4, 0.5) is 5.00 Å². The largest absolute Gasteiger partial charge is 0.490 e. The molecule has 29 heavy (non-hydrogen) atoms. The molecule has 6 nitrogen and oxygen atoms in total. The van der Waals surface area contributed by atoms with Crippen LogP contribution in [-0.2, 0) is 17.6 Å². The quantitative estimate of drug-likeness (QED) is 0.554. The van der Waals surface area contributed by atoms with Crippen LogP contribution in [0.5, 0.6) is 5.75 Å². The first-order valence-corrected chi connectivity index (χ1v) is 10.4. The lowest BCUT2D eigenvalue weighted by Crippen LogP contribution is -2.19. The van der Waals surface area contributed by atoms with E-state index < -0.39 is 11.8 Å². The Kier molecular flexibility index (Phi) is 6.35. The van der Waals surface area contributed by atoms with Gasteiger partial charge in [-0.25, -0.2) is 0 Å². The lowest BCUT2D eigenvalue weighted by atomic mass is 9.95. The second-order valence-corrected chi connectivity index (χ2v) is 8.21. The second kappa shape index (κ2) is 8.93. The van der Waals surface area contributed by atoms with E-state index in [0.29, 0.717) is 21.9 Å². The topological polar surface area (TPSA) is 105 Å². The number of aryl methyl sites for hydroxylation is 1. The minimum Gasteiger partial charge on any atom is -0.490 e. The highest BCUT2D eigenvalue weighted by atomic mass is 32.1. The first-order valence-electron chi connectivity index (χ1n) is 9.54. The predicted molar refractivity (Wildman–Crippen MR) is 114 cm³/mol. The molecule has 7 heteroatoms. The van der Waals surface area contributed by atoms with Gasteiger partial charge in [0.2, 0.25) is 0 Å². The van der Waals surface area contributed by atoms with E-state index in [1.54, 1.807) is 12.1 Å². The maximum atomic E-state index is 12.8. The maximum Gasteiger partial charge on any atom is 0.266 e. The number of amides is 2. The van der Waals surface area contributed by atoms with E-state index >= 15 is 0 Å². The van der Waals surface area contributed by atoms with Crippen LogP contribution >= 0.6 is 11.3 Å². The van der Waals surface area contributed by atoms with Crippen molar-refractivity contribution in [1.29, 1.82) is 5.26 Å². The van der Waals surface area contributed by atoms with Crippen molar-refractivity contribution in [2.24, 2.45) is 5.73 Å². The maximum absolute atomic E-state index is 12.8. The number of carbonyl (C=O) groups excluding carboxylic acids is 2. The normalized spacial score (nSPS) is 13.5. The number of ether oxygens (including phenoxy) is 1. The number of rotatable bonds is 6. The molecule has 1 aromatic heterocycles. The van der Waals surface area contributed by atoms with Crippen molar-refractivity contribution in [1.82, 2.24) is 0 Å². The minimum absolute atomic E-state index is 0.0422. The summed E-state index contributed by atoms with van der Waals surface area (Å²) >= 11 is 1.37. The van der Waals surface area contributed by atoms with Crippen LogP contribution in [0.1, 0.15) is 53.1 Å². The zero-order chi connectivity index (χ0) is 21.0. The third kappa shape index (κ3) is 4.66. The van der Waals surface area contributed by atoms with Crippen LogP contribution in [0.2, 0.25) is 0 Å². The smallest absolute Gasteiger partial charge is 0.266 e. The number of benzene rings is 1. The molecule has 150 valence electrons. The molecule has 0 unspecified atom stereocenters. The number of nitrogens with two attached hydrogens (primary N) is 1. The van der Waals surface area contributed by atoms with Crippen molar-refractivity contribution in [3.05, 3.63) is 51.4 Å². The summed E-state index contributed by atoms with van der Waals surface area (Å²) in [5.74, 6) is -0.543. The predicted octanol–water partition coefficient (Wildman–Crippen LogP) is 4.06. The Morgan fingerprint density at radius 1 is 1.28 bits per heavy atom. The average molecular weight is 410 g/mol. The van der Waals surface area contributed by atoms with Gasteiger partial charge in [-0.3, -0.25) is 9.59 Å². The number of nitriles is 1. The van der Waals surface area contributed by atoms with Gasteiger partial charge in [-0.05, 0) is 57.2 Å². The van der Waals surface area contributed by atoms with Gasteiger partial charge < -0.3 is 15.8 Å². The SMILES string of the molecule is CC(C)Oc1ccccc1/C=C(/C#N)C(=O)Nc1sc2c(c1C(N)=O)CCCC2. The molecule has 0 bridgehead atoms. The summed E-state index contributed by atoms with van der Waals surface area (Å²) in [5, 5.41) is 12.7. The minimum atomic E-state index is -0.576. The Morgan fingerprint density at radius 2 is 2.00 bits per heavy atom. The van der Waals surface area contributed by atoms with E-state index in [-0.39, 0.29) is 11.7 Å². The number of hydrogen-bond acceptors (Lipinski definition) is 5. The molecule has 0 saturated carbocycles. The molecule has 1 aromatic carbocycles. The second-order valence-electron chi connectivity index (χ2n) is 7.11. The van der Waals surface area contributed by atoms with Gasteiger partial charge in [0.1, 0.15) is 22.4 Å². The van der Waals surface area contributed by atoms with Crippen molar-refractivity contribution in [3.63, 3.8) is 0 Å². The molecule has 0 spiro atoms. The van der Waals surface area contributed by atoms with E-state index in [9.17, 15) is 14.9 Å². The molecule has 0 saturated heterocycles. The van der Waals surface area contributed by atoms with Gasteiger partial charge in [-0.15, -0.1) is 11.3 Å². The van der Waals surface area contributed by atoms with Gasteiger partial charge in [0.15, 0.2) is 0 Å². The summed E-state index contributed by atoms with van der Waals surface area (Å²) in [5.41, 5.74) is 7.44. The molecule has 0 atom stereocenters. The molecule has 1 aliphatic rings. The molecule has 1 heterocycles. The van der Waals surface area contributed by atoms with Crippen LogP contribution in [0.25, 0.3) is 6.08 Å². The van der Waals surface area contributed by atoms with Crippen molar-refractivity contribution < 1.29 is 14.3 Å². The number of nitrogens with one attached hydrogen (secondary N) is 1. The molecule has 2 aromatic rings. The Balaban J connectivity index is 1.91. The van der Waals surface area contributed by atoms with Crippen molar-refractivity contribution in [3.8, 4) is 11.8 Å². The molecular weight excluding hydrogens is 386 g/mol. The first-order chi connectivity index (χ1) is 13.9. The monoisotopic (exact) mass is 409 g/mol. The Hall–Kier alpha value is -3.11. The molecule has 2 amide bonds. The third-order valence-corrected chi connectivity index (χ3v) is 5.80. The summed E-state index contributed by atoms with van der Waals surface area (Å²) in [6.45, 7) is 3.81. The Labute approximate surface area is 174 Å². The highest BCUT2D eigenvalue weighted by molar-refractivity contribution is 7.17. The van der Waals surface area contributed by atoms with E-state index in [1.807, 2.05) is 32.0 Å². The van der Waals surface area contributed by atoms with Crippen LogP contribution in [-0.4, -0.2) is 17.9 Å². The van der Waals surface area contributed by atoms with Crippen LogP contribution in [0.3, 0.4) is 0 Å². The zero-order valence-electron chi connectivity index (χ0n) is 16.5. The fourth-order valence-corrected chi connectivity index (χ4v) is 4.64. The summed E-state index contributed by atoms with van der Waals surface area (Å²) in [4.78, 5) is 25.9. The number of carbonyl (C=O) groups is 2. The average Bonchev–Trinajstić information content (AvgIpc) is 3.04. The molecule has 0 fully saturated rings. The number of nitrogens with zero attached hydrogens (tertiary/aromatic N) is 1. The van der Waals surface area contributed by atoms with E-state index in [0.717, 1.165) is 36.1 Å². The van der Waals surface area contributed by atoms with Crippen LogP contribution in [0.15, 0.2) is 29.8 Å². The molecule has 1 aliphatic carbocycles.